The summed E-state index contributed by atoms with van der Waals surface area (Å²) >= 11 is 0. The predicted octanol–water partition coefficient (Wildman–Crippen LogP) is 1.73. The van der Waals surface area contributed by atoms with Gasteiger partial charge in [0.2, 0.25) is 0 Å². The van der Waals surface area contributed by atoms with E-state index in [2.05, 4.69) is 12.2 Å². The van der Waals surface area contributed by atoms with E-state index in [0.717, 1.165) is 31.6 Å². The maximum atomic E-state index is 11.5. The summed E-state index contributed by atoms with van der Waals surface area (Å²) in [6.07, 6.45) is 7.81. The fourth-order valence-corrected chi connectivity index (χ4v) is 4.07. The molecule has 16 heavy (non-hydrogen) atoms. The third-order valence-corrected chi connectivity index (χ3v) is 5.77. The minimum Gasteiger partial charge on any atom is -0.311 e. The minimum absolute atomic E-state index is 0.0995. The molecule has 2 rings (SSSR count). The molecule has 0 aromatic heterocycles. The van der Waals surface area contributed by atoms with E-state index in [0.29, 0.717) is 12.1 Å². The molecule has 0 saturated heterocycles. The standard InChI is InChI=1S/C12H23NO2S/c1-3-9-7-12(9)13-10-5-4-6-11(8-10)16(2,14)15/h9-13H,3-8H2,1-2H3. The van der Waals surface area contributed by atoms with E-state index in [1.807, 2.05) is 0 Å². The molecular formula is C12H23NO2S. The van der Waals surface area contributed by atoms with E-state index in [1.54, 1.807) is 0 Å². The maximum absolute atomic E-state index is 11.5. The second kappa shape index (κ2) is 4.65. The van der Waals surface area contributed by atoms with Gasteiger partial charge < -0.3 is 5.32 Å². The lowest BCUT2D eigenvalue weighted by Gasteiger charge is -2.29. The Morgan fingerprint density at radius 2 is 2.00 bits per heavy atom. The zero-order chi connectivity index (χ0) is 11.8. The molecule has 0 spiro atoms. The van der Waals surface area contributed by atoms with Crippen LogP contribution in [0.4, 0.5) is 0 Å². The zero-order valence-electron chi connectivity index (χ0n) is 10.3. The molecule has 0 aromatic carbocycles. The van der Waals surface area contributed by atoms with Crippen molar-refractivity contribution in [2.75, 3.05) is 6.26 Å². The van der Waals surface area contributed by atoms with Crippen LogP contribution in [0.25, 0.3) is 0 Å². The molecule has 4 unspecified atom stereocenters. The Hall–Kier alpha value is -0.0900. The van der Waals surface area contributed by atoms with Crippen molar-refractivity contribution in [3.63, 3.8) is 0 Å². The van der Waals surface area contributed by atoms with Crippen LogP contribution < -0.4 is 5.32 Å². The van der Waals surface area contributed by atoms with Crippen molar-refractivity contribution < 1.29 is 8.42 Å². The lowest BCUT2D eigenvalue weighted by atomic mass is 9.95. The monoisotopic (exact) mass is 245 g/mol. The van der Waals surface area contributed by atoms with Gasteiger partial charge in [-0.2, -0.15) is 0 Å². The Morgan fingerprint density at radius 3 is 2.56 bits per heavy atom. The molecule has 0 aliphatic heterocycles. The van der Waals surface area contributed by atoms with Crippen molar-refractivity contribution in [2.24, 2.45) is 5.92 Å². The van der Waals surface area contributed by atoms with Crippen molar-refractivity contribution in [1.82, 2.24) is 5.32 Å². The molecular weight excluding hydrogens is 222 g/mol. The third-order valence-electron chi connectivity index (χ3n) is 4.13. The number of rotatable bonds is 4. The van der Waals surface area contributed by atoms with E-state index in [1.165, 1.54) is 19.1 Å². The molecule has 2 fully saturated rings. The SMILES string of the molecule is CCC1CC1NC1CCCC(S(C)(=O)=O)C1. The highest BCUT2D eigenvalue weighted by Crippen LogP contribution is 2.35. The van der Waals surface area contributed by atoms with E-state index in [9.17, 15) is 8.42 Å². The van der Waals surface area contributed by atoms with Crippen molar-refractivity contribution in [3.05, 3.63) is 0 Å². The fourth-order valence-electron chi connectivity index (χ4n) is 2.89. The van der Waals surface area contributed by atoms with Gasteiger partial charge in [0, 0.05) is 18.3 Å². The molecule has 2 aliphatic carbocycles. The fraction of sp³-hybridized carbons (Fsp3) is 1.00. The molecule has 3 nitrogen and oxygen atoms in total. The molecule has 4 heteroatoms. The first-order valence-electron chi connectivity index (χ1n) is 6.45. The highest BCUT2D eigenvalue weighted by Gasteiger charge is 2.38. The van der Waals surface area contributed by atoms with Crippen LogP contribution in [0.2, 0.25) is 0 Å². The zero-order valence-corrected chi connectivity index (χ0v) is 11.1. The summed E-state index contributed by atoms with van der Waals surface area (Å²) < 4.78 is 23.1. The van der Waals surface area contributed by atoms with Crippen LogP contribution >= 0.6 is 0 Å². The van der Waals surface area contributed by atoms with Crippen molar-refractivity contribution in [1.29, 1.82) is 0 Å². The molecule has 0 aromatic rings. The van der Waals surface area contributed by atoms with E-state index < -0.39 is 9.84 Å². The van der Waals surface area contributed by atoms with Crippen LogP contribution in [0.5, 0.6) is 0 Å². The van der Waals surface area contributed by atoms with Gasteiger partial charge in [0.15, 0.2) is 0 Å². The van der Waals surface area contributed by atoms with Crippen molar-refractivity contribution in [2.45, 2.75) is 62.8 Å². The largest absolute Gasteiger partial charge is 0.311 e. The molecule has 2 saturated carbocycles. The van der Waals surface area contributed by atoms with Crippen LogP contribution in [-0.4, -0.2) is 32.0 Å². The van der Waals surface area contributed by atoms with Gasteiger partial charge in [-0.05, 0) is 31.6 Å². The maximum Gasteiger partial charge on any atom is 0.150 e. The molecule has 0 amide bonds. The van der Waals surface area contributed by atoms with Crippen LogP contribution in [0.3, 0.4) is 0 Å². The Bertz CT molecular complexity index is 339. The van der Waals surface area contributed by atoms with E-state index in [-0.39, 0.29) is 5.25 Å². The average molecular weight is 245 g/mol. The highest BCUT2D eigenvalue weighted by atomic mass is 32.2. The summed E-state index contributed by atoms with van der Waals surface area (Å²) in [6.45, 7) is 2.23. The average Bonchev–Trinajstić information content (AvgIpc) is 2.95. The topological polar surface area (TPSA) is 46.2 Å². The summed E-state index contributed by atoms with van der Waals surface area (Å²) in [6, 6.07) is 1.11. The normalized spacial score (nSPS) is 39.6. The van der Waals surface area contributed by atoms with Gasteiger partial charge in [-0.15, -0.1) is 0 Å². The highest BCUT2D eigenvalue weighted by molar-refractivity contribution is 7.91. The van der Waals surface area contributed by atoms with Gasteiger partial charge in [-0.3, -0.25) is 0 Å². The van der Waals surface area contributed by atoms with E-state index >= 15 is 0 Å². The quantitative estimate of drug-likeness (QED) is 0.820. The Kier molecular flexibility index (Phi) is 3.59. The Labute approximate surface area is 98.9 Å². The second-order valence-electron chi connectivity index (χ2n) is 5.49. The first-order chi connectivity index (χ1) is 7.50. The molecule has 4 atom stereocenters. The van der Waals surface area contributed by atoms with Crippen LogP contribution in [0, 0.1) is 5.92 Å². The summed E-state index contributed by atoms with van der Waals surface area (Å²) in [5.41, 5.74) is 0. The van der Waals surface area contributed by atoms with Crippen molar-refractivity contribution in [3.8, 4) is 0 Å². The predicted molar refractivity (Wildman–Crippen MR) is 66.2 cm³/mol. The molecule has 0 radical (unpaired) electrons. The van der Waals surface area contributed by atoms with E-state index in [4.69, 9.17) is 0 Å². The molecule has 1 N–H and O–H groups in total. The lowest BCUT2D eigenvalue weighted by Crippen LogP contribution is -2.40. The van der Waals surface area contributed by atoms with Gasteiger partial charge in [-0.1, -0.05) is 19.8 Å². The first-order valence-corrected chi connectivity index (χ1v) is 8.41. The van der Waals surface area contributed by atoms with Gasteiger partial charge in [-0.25, -0.2) is 8.42 Å². The van der Waals surface area contributed by atoms with Gasteiger partial charge in [0.1, 0.15) is 9.84 Å². The number of sulfone groups is 1. The van der Waals surface area contributed by atoms with Crippen LogP contribution in [0.15, 0.2) is 0 Å². The Balaban J connectivity index is 1.83. The number of hydrogen-bond acceptors (Lipinski definition) is 3. The summed E-state index contributed by atoms with van der Waals surface area (Å²) in [7, 11) is -2.83. The smallest absolute Gasteiger partial charge is 0.150 e. The minimum atomic E-state index is -2.83. The number of hydrogen-bond donors (Lipinski definition) is 1. The summed E-state index contributed by atoms with van der Waals surface area (Å²) in [5, 5.41) is 3.53. The van der Waals surface area contributed by atoms with Crippen molar-refractivity contribution >= 4 is 9.84 Å². The molecule has 0 heterocycles. The molecule has 2 aliphatic rings. The Morgan fingerprint density at radius 1 is 1.25 bits per heavy atom. The van der Waals surface area contributed by atoms with Gasteiger partial charge >= 0.3 is 0 Å². The first kappa shape index (κ1) is 12.4. The van der Waals surface area contributed by atoms with Gasteiger partial charge in [0.25, 0.3) is 0 Å². The summed E-state index contributed by atoms with van der Waals surface area (Å²) in [4.78, 5) is 0. The second-order valence-corrected chi connectivity index (χ2v) is 7.82. The third kappa shape index (κ3) is 2.98. The van der Waals surface area contributed by atoms with Crippen LogP contribution in [0.1, 0.15) is 45.4 Å². The van der Waals surface area contributed by atoms with Crippen LogP contribution in [-0.2, 0) is 9.84 Å². The number of nitrogens with one attached hydrogen (secondary N) is 1. The molecule has 0 bridgehead atoms. The summed E-state index contributed by atoms with van der Waals surface area (Å²) in [5.74, 6) is 0.846. The lowest BCUT2D eigenvalue weighted by molar-refractivity contribution is 0.364. The van der Waals surface area contributed by atoms with Gasteiger partial charge in [0.05, 0.1) is 5.25 Å². The molecule has 94 valence electrons.